The molecular formula is C18H16BrCl2N3O. The number of benzene rings is 2. The van der Waals surface area contributed by atoms with E-state index in [4.69, 9.17) is 28.9 Å². The lowest BCUT2D eigenvalue weighted by molar-refractivity contribution is -0.667. The maximum absolute atomic E-state index is 12.5. The predicted molar refractivity (Wildman–Crippen MR) is 96.2 cm³/mol. The Kier molecular flexibility index (Phi) is 6.27. The van der Waals surface area contributed by atoms with Crippen molar-refractivity contribution in [3.05, 3.63) is 70.3 Å². The lowest BCUT2D eigenvalue weighted by Gasteiger charge is -2.02. The molecule has 0 saturated carbocycles. The Hall–Kier alpha value is -1.82. The van der Waals surface area contributed by atoms with Crippen molar-refractivity contribution in [2.75, 3.05) is 5.73 Å². The zero-order valence-electron chi connectivity index (χ0n) is 13.4. The van der Waals surface area contributed by atoms with Crippen LogP contribution >= 0.6 is 23.2 Å². The summed E-state index contributed by atoms with van der Waals surface area (Å²) in [5, 5.41) is 0.782. The smallest absolute Gasteiger partial charge is 0.355 e. The highest BCUT2D eigenvalue weighted by Crippen LogP contribution is 2.23. The topological polar surface area (TPSA) is 51.9 Å². The molecule has 1 aromatic heterocycles. The predicted octanol–water partition coefficient (Wildman–Crippen LogP) is 0.755. The van der Waals surface area contributed by atoms with Crippen molar-refractivity contribution in [2.24, 2.45) is 7.05 Å². The van der Waals surface area contributed by atoms with Gasteiger partial charge in [0.25, 0.3) is 0 Å². The molecule has 0 radical (unpaired) electrons. The second kappa shape index (κ2) is 8.04. The lowest BCUT2D eigenvalue weighted by atomic mass is 10.1. The number of rotatable bonds is 4. The van der Waals surface area contributed by atoms with Gasteiger partial charge in [-0.1, -0.05) is 53.5 Å². The van der Waals surface area contributed by atoms with Crippen LogP contribution in [0.3, 0.4) is 0 Å². The maximum atomic E-state index is 12.5. The van der Waals surface area contributed by atoms with Crippen LogP contribution in [0.4, 0.5) is 5.95 Å². The van der Waals surface area contributed by atoms with Crippen LogP contribution in [-0.4, -0.2) is 10.4 Å². The van der Waals surface area contributed by atoms with E-state index in [1.807, 2.05) is 48.1 Å². The van der Waals surface area contributed by atoms with Crippen molar-refractivity contribution in [1.29, 1.82) is 0 Å². The first-order chi connectivity index (χ1) is 11.5. The molecule has 130 valence electrons. The Morgan fingerprint density at radius 2 is 1.80 bits per heavy atom. The Morgan fingerprint density at radius 3 is 2.44 bits per heavy atom. The fourth-order valence-corrected chi connectivity index (χ4v) is 2.83. The van der Waals surface area contributed by atoms with Crippen LogP contribution in [0.15, 0.2) is 54.7 Å². The molecule has 3 rings (SSSR count). The Labute approximate surface area is 166 Å². The zero-order chi connectivity index (χ0) is 17.3. The number of halogens is 3. The molecule has 25 heavy (non-hydrogen) atoms. The summed E-state index contributed by atoms with van der Waals surface area (Å²) < 4.78 is 3.59. The molecule has 4 nitrogen and oxygen atoms in total. The van der Waals surface area contributed by atoms with E-state index in [2.05, 4.69) is 0 Å². The van der Waals surface area contributed by atoms with Crippen molar-refractivity contribution in [3.8, 4) is 11.3 Å². The number of nitrogens with two attached hydrogens (primary N) is 1. The van der Waals surface area contributed by atoms with Gasteiger partial charge in [-0.15, -0.1) is 0 Å². The van der Waals surface area contributed by atoms with Crippen LogP contribution in [0.5, 0.6) is 0 Å². The van der Waals surface area contributed by atoms with E-state index < -0.39 is 0 Å². The van der Waals surface area contributed by atoms with E-state index in [1.165, 1.54) is 0 Å². The normalized spacial score (nSPS) is 10.4. The number of carbonyl (C=O) groups excluding carboxylic acids is 1. The first kappa shape index (κ1) is 19.5. The highest BCUT2D eigenvalue weighted by molar-refractivity contribution is 6.42. The number of nitrogen functional groups attached to an aromatic ring is 1. The van der Waals surface area contributed by atoms with E-state index >= 15 is 0 Å². The van der Waals surface area contributed by atoms with Crippen LogP contribution in [-0.2, 0) is 13.6 Å². The SMILES string of the molecule is Cn1c(-c2ccccc2)c[n+](CC(=O)c2ccc(Cl)c(Cl)c2)c1N.[Br-]. The van der Waals surface area contributed by atoms with Crippen LogP contribution in [0.25, 0.3) is 11.3 Å². The largest absolute Gasteiger partial charge is 1.00 e. The molecule has 7 heteroatoms. The van der Waals surface area contributed by atoms with E-state index in [0.717, 1.165) is 11.3 Å². The van der Waals surface area contributed by atoms with Gasteiger partial charge in [-0.2, -0.15) is 0 Å². The summed E-state index contributed by atoms with van der Waals surface area (Å²) in [6.45, 7) is 0.129. The molecule has 0 fully saturated rings. The highest BCUT2D eigenvalue weighted by Gasteiger charge is 2.20. The fraction of sp³-hybridized carbons (Fsp3) is 0.111. The van der Waals surface area contributed by atoms with E-state index in [0.29, 0.717) is 21.6 Å². The Bertz CT molecular complexity index is 910. The van der Waals surface area contributed by atoms with Gasteiger partial charge < -0.3 is 17.0 Å². The molecule has 0 atom stereocenters. The number of ketones is 1. The minimum atomic E-state index is -0.0875. The molecule has 2 N–H and O–H groups in total. The minimum absolute atomic E-state index is 0. The first-order valence-electron chi connectivity index (χ1n) is 7.35. The Balaban J connectivity index is 0.00000225. The first-order valence-corrected chi connectivity index (χ1v) is 8.11. The summed E-state index contributed by atoms with van der Waals surface area (Å²) in [6.07, 6.45) is 1.88. The summed E-state index contributed by atoms with van der Waals surface area (Å²) in [6, 6.07) is 14.7. The van der Waals surface area contributed by atoms with Gasteiger partial charge in [0.15, 0.2) is 5.78 Å². The second-order valence-corrected chi connectivity index (χ2v) is 6.29. The molecule has 0 bridgehead atoms. The summed E-state index contributed by atoms with van der Waals surface area (Å²) in [4.78, 5) is 12.5. The van der Waals surface area contributed by atoms with Crippen LogP contribution in [0, 0.1) is 0 Å². The van der Waals surface area contributed by atoms with Gasteiger partial charge in [0.1, 0.15) is 18.4 Å². The fourth-order valence-electron chi connectivity index (χ4n) is 2.54. The average Bonchev–Trinajstić information content (AvgIpc) is 2.86. The minimum Gasteiger partial charge on any atom is -1.00 e. The molecule has 0 amide bonds. The molecule has 0 aliphatic rings. The van der Waals surface area contributed by atoms with Gasteiger partial charge >= 0.3 is 5.95 Å². The number of carbonyl (C=O) groups is 1. The standard InChI is InChI=1S/C18H15Cl2N3O.BrH/c1-22-16(12-5-3-2-4-6-12)10-23(18(22)21)11-17(24)13-7-8-14(19)15(20)9-13;/h2-10,21H,11H2,1H3;1H. The van der Waals surface area contributed by atoms with E-state index in [-0.39, 0.29) is 29.3 Å². The van der Waals surface area contributed by atoms with E-state index in [1.54, 1.807) is 22.8 Å². The van der Waals surface area contributed by atoms with Gasteiger partial charge in [-0.3, -0.25) is 10.5 Å². The summed E-state index contributed by atoms with van der Waals surface area (Å²) in [7, 11) is 1.87. The third-order valence-corrected chi connectivity index (χ3v) is 4.64. The number of anilines is 1. The number of nitrogens with zero attached hydrogens (tertiary/aromatic N) is 2. The summed E-state index contributed by atoms with van der Waals surface area (Å²) in [5.74, 6) is 0.415. The maximum Gasteiger partial charge on any atom is 0.355 e. The third-order valence-electron chi connectivity index (χ3n) is 3.90. The monoisotopic (exact) mass is 439 g/mol. The van der Waals surface area contributed by atoms with Gasteiger partial charge in [0, 0.05) is 11.1 Å². The van der Waals surface area contributed by atoms with Crippen molar-refractivity contribution >= 4 is 34.9 Å². The number of aromatic nitrogens is 2. The van der Waals surface area contributed by atoms with Crippen molar-refractivity contribution in [1.82, 2.24) is 4.57 Å². The molecule has 0 saturated heterocycles. The van der Waals surface area contributed by atoms with Crippen molar-refractivity contribution in [3.63, 3.8) is 0 Å². The van der Waals surface area contributed by atoms with Gasteiger partial charge in [0.2, 0.25) is 0 Å². The van der Waals surface area contributed by atoms with Crippen LogP contribution in [0.2, 0.25) is 10.0 Å². The summed E-state index contributed by atoms with van der Waals surface area (Å²) >= 11 is 11.9. The van der Waals surface area contributed by atoms with Gasteiger partial charge in [0.05, 0.1) is 17.1 Å². The molecule has 3 aromatic rings. The lowest BCUT2D eigenvalue weighted by Crippen LogP contribution is -3.00. The molecule has 1 heterocycles. The number of imidazole rings is 1. The highest BCUT2D eigenvalue weighted by atomic mass is 79.9. The number of Topliss-reactive ketones (excluding diaryl/α,β-unsaturated/α-hetero) is 1. The molecule has 0 spiro atoms. The molecule has 0 aliphatic heterocycles. The second-order valence-electron chi connectivity index (χ2n) is 5.48. The van der Waals surface area contributed by atoms with Crippen molar-refractivity contribution in [2.45, 2.75) is 6.54 Å². The molecule has 0 aliphatic carbocycles. The quantitative estimate of drug-likeness (QED) is 0.481. The van der Waals surface area contributed by atoms with Gasteiger partial charge in [-0.25, -0.2) is 9.13 Å². The van der Waals surface area contributed by atoms with E-state index in [9.17, 15) is 4.79 Å². The van der Waals surface area contributed by atoms with Crippen LogP contribution < -0.4 is 27.3 Å². The zero-order valence-corrected chi connectivity index (χ0v) is 16.5. The summed E-state index contributed by atoms with van der Waals surface area (Å²) in [5.41, 5.74) is 8.62. The third kappa shape index (κ3) is 4.06. The molecule has 2 aromatic carbocycles. The number of hydrogen-bond acceptors (Lipinski definition) is 2. The van der Waals surface area contributed by atoms with Crippen molar-refractivity contribution < 1.29 is 26.3 Å². The van der Waals surface area contributed by atoms with Crippen LogP contribution in [0.1, 0.15) is 10.4 Å². The molecule has 0 unspecified atom stereocenters. The molecular weight excluding hydrogens is 425 g/mol. The number of hydrogen-bond donors (Lipinski definition) is 1. The average molecular weight is 441 g/mol. The Morgan fingerprint density at radius 1 is 1.12 bits per heavy atom. The van der Waals surface area contributed by atoms with Gasteiger partial charge in [-0.05, 0) is 18.2 Å².